The Kier molecular flexibility index (Phi) is 16.8. The van der Waals surface area contributed by atoms with Gasteiger partial charge in [-0.15, -0.1) is 0 Å². The maximum absolute atomic E-state index is 10.8. The van der Waals surface area contributed by atoms with Gasteiger partial charge in [-0.05, 0) is 37.1 Å². The van der Waals surface area contributed by atoms with E-state index in [4.69, 9.17) is 21.9 Å². The number of hydrogen-bond donors (Lipinski definition) is 6. The van der Waals surface area contributed by atoms with Crippen LogP contribution >= 0.6 is 0 Å². The summed E-state index contributed by atoms with van der Waals surface area (Å²) < 4.78 is 0. The predicted molar refractivity (Wildman–Crippen MR) is 124 cm³/mol. The number of carboxylic acids is 2. The molecule has 33 heavy (non-hydrogen) atoms. The van der Waals surface area contributed by atoms with E-state index >= 15 is 0 Å². The van der Waals surface area contributed by atoms with Crippen molar-refractivity contribution in [3.05, 3.63) is 71.8 Å². The number of aliphatic carboxylic acids is 2. The Morgan fingerprint density at radius 3 is 1.15 bits per heavy atom. The molecule has 0 heterocycles. The van der Waals surface area contributed by atoms with Crippen LogP contribution in [0.4, 0.5) is 0 Å². The van der Waals surface area contributed by atoms with Gasteiger partial charge in [-0.1, -0.05) is 55.7 Å². The molecule has 0 aliphatic rings. The van der Waals surface area contributed by atoms with Gasteiger partial charge >= 0.3 is 11.9 Å². The summed E-state index contributed by atoms with van der Waals surface area (Å²) in [4.78, 5) is 41.8. The number of benzene rings is 2. The van der Waals surface area contributed by atoms with Gasteiger partial charge in [0.25, 0.3) is 11.8 Å². The van der Waals surface area contributed by atoms with Gasteiger partial charge in [0.05, 0.1) is 0 Å². The molecule has 10 heteroatoms. The normalized spacial score (nSPS) is 9.27. The van der Waals surface area contributed by atoms with Crippen LogP contribution in [0, 0.1) is 0 Å². The molecule has 0 saturated carbocycles. The lowest BCUT2D eigenvalue weighted by Gasteiger charge is -1.97. The molecule has 8 N–H and O–H groups in total. The molecule has 0 aromatic heterocycles. The van der Waals surface area contributed by atoms with Crippen LogP contribution in [0.25, 0.3) is 0 Å². The lowest BCUT2D eigenvalue weighted by molar-refractivity contribution is -0.138. The predicted octanol–water partition coefficient (Wildman–Crippen LogP) is 2.47. The summed E-state index contributed by atoms with van der Waals surface area (Å²) in [6, 6.07) is 17.6. The zero-order valence-corrected chi connectivity index (χ0v) is 18.4. The average Bonchev–Trinajstić information content (AvgIpc) is 2.84. The van der Waals surface area contributed by atoms with Crippen molar-refractivity contribution in [2.75, 3.05) is 0 Å². The van der Waals surface area contributed by atoms with Gasteiger partial charge in [-0.3, -0.25) is 30.0 Å². The fourth-order valence-corrected chi connectivity index (χ4v) is 2.43. The number of nitrogens with one attached hydrogen (secondary N) is 2. The van der Waals surface area contributed by atoms with Crippen molar-refractivity contribution in [3.8, 4) is 0 Å². The number of unbranched alkanes of at least 4 members (excludes halogenated alkanes) is 4. The van der Waals surface area contributed by atoms with Crippen molar-refractivity contribution in [3.63, 3.8) is 0 Å². The number of nitrogen functional groups attached to an aromatic ring is 2. The van der Waals surface area contributed by atoms with E-state index in [1.165, 1.54) is 0 Å². The van der Waals surface area contributed by atoms with E-state index in [1.807, 2.05) is 23.0 Å². The first-order chi connectivity index (χ1) is 15.8. The summed E-state index contributed by atoms with van der Waals surface area (Å²) in [5, 5.41) is 16.6. The van der Waals surface area contributed by atoms with Crippen LogP contribution in [0.5, 0.6) is 0 Å². The highest BCUT2D eigenvalue weighted by atomic mass is 16.4. The monoisotopic (exact) mass is 460 g/mol. The molecule has 0 bridgehead atoms. The minimum absolute atomic E-state index is 0.221. The van der Waals surface area contributed by atoms with Crippen LogP contribution in [0.1, 0.15) is 65.7 Å². The first-order valence-electron chi connectivity index (χ1n) is 10.4. The fourth-order valence-electron chi connectivity index (χ4n) is 2.43. The molecule has 0 unspecified atom stereocenters. The van der Waals surface area contributed by atoms with Crippen LogP contribution in [-0.4, -0.2) is 34.0 Å². The molecule has 0 aliphatic carbocycles. The molecule has 0 saturated heterocycles. The topological polar surface area (TPSA) is 185 Å². The Hall–Kier alpha value is -3.76. The van der Waals surface area contributed by atoms with Gasteiger partial charge in [0.1, 0.15) is 0 Å². The summed E-state index contributed by atoms with van der Waals surface area (Å²) in [5.41, 5.74) is 5.23. The van der Waals surface area contributed by atoms with Gasteiger partial charge in [0, 0.05) is 24.0 Å². The molecule has 10 nitrogen and oxygen atoms in total. The molecule has 2 aromatic carbocycles. The van der Waals surface area contributed by atoms with Gasteiger partial charge in [0.15, 0.2) is 0 Å². The number of hydrogen-bond acceptors (Lipinski definition) is 6. The Bertz CT molecular complexity index is 762. The quantitative estimate of drug-likeness (QED) is 0.135. The van der Waals surface area contributed by atoms with Crippen molar-refractivity contribution < 1.29 is 29.4 Å². The highest BCUT2D eigenvalue weighted by Gasteiger charge is 2.00. The number of carbonyl (C=O) groups excluding carboxylic acids is 2. The van der Waals surface area contributed by atoms with Crippen molar-refractivity contribution >= 4 is 23.8 Å². The van der Waals surface area contributed by atoms with Gasteiger partial charge in [-0.2, -0.15) is 0 Å². The molecule has 2 amide bonds. The number of carboxylic acid groups (broad SMARTS) is 2. The number of hydrazine groups is 2. The Morgan fingerprint density at radius 2 is 0.879 bits per heavy atom. The first-order valence-corrected chi connectivity index (χ1v) is 10.4. The zero-order chi connectivity index (χ0) is 24.9. The minimum Gasteiger partial charge on any atom is -0.481 e. The molecule has 2 aromatic rings. The van der Waals surface area contributed by atoms with Crippen LogP contribution in [0.2, 0.25) is 0 Å². The summed E-state index contributed by atoms with van der Waals surface area (Å²) >= 11 is 0. The molecule has 0 fully saturated rings. The largest absolute Gasteiger partial charge is 0.481 e. The van der Waals surface area contributed by atoms with Gasteiger partial charge < -0.3 is 10.2 Å². The van der Waals surface area contributed by atoms with E-state index in [1.54, 1.807) is 48.5 Å². The SMILES string of the molecule is NNC(=O)c1ccccc1.NNC(=O)c1ccccc1.O=C(O)CCCCCCCC(=O)O. The van der Waals surface area contributed by atoms with E-state index in [0.29, 0.717) is 24.0 Å². The lowest BCUT2D eigenvalue weighted by Crippen LogP contribution is -2.29. The molecule has 0 aliphatic heterocycles. The summed E-state index contributed by atoms with van der Waals surface area (Å²) in [5.74, 6) is 7.76. The summed E-state index contributed by atoms with van der Waals surface area (Å²) in [7, 11) is 0. The number of rotatable bonds is 10. The van der Waals surface area contributed by atoms with E-state index in [9.17, 15) is 19.2 Å². The number of nitrogens with two attached hydrogens (primary N) is 2. The third-order valence-corrected chi connectivity index (χ3v) is 4.12. The van der Waals surface area contributed by atoms with Gasteiger partial charge in [-0.25, -0.2) is 11.7 Å². The van der Waals surface area contributed by atoms with E-state index in [2.05, 4.69) is 0 Å². The standard InChI is InChI=1S/C9H16O4.2C7H8N2O/c10-8(11)6-4-2-1-3-5-7-9(12)13;2*8-9-7(10)6-4-2-1-3-5-6/h1-7H2,(H,10,11)(H,12,13);2*1-5H,8H2,(H,9,10). The molecule has 2 rings (SSSR count). The summed E-state index contributed by atoms with van der Waals surface area (Å²) in [6.07, 6.45) is 4.53. The molecule has 0 spiro atoms. The Labute approximate surface area is 192 Å². The maximum Gasteiger partial charge on any atom is 0.303 e. The van der Waals surface area contributed by atoms with Crippen molar-refractivity contribution in [1.82, 2.24) is 10.9 Å². The second-order valence-electron chi connectivity index (χ2n) is 6.73. The minimum atomic E-state index is -0.759. The van der Waals surface area contributed by atoms with Crippen LogP contribution in [0.3, 0.4) is 0 Å². The van der Waals surface area contributed by atoms with E-state index in [0.717, 1.165) is 19.3 Å². The van der Waals surface area contributed by atoms with Gasteiger partial charge in [0.2, 0.25) is 0 Å². The Balaban J connectivity index is 0.000000470. The Morgan fingerprint density at radius 1 is 0.576 bits per heavy atom. The van der Waals surface area contributed by atoms with E-state index in [-0.39, 0.29) is 24.7 Å². The number of amides is 2. The number of carbonyl (C=O) groups is 4. The smallest absolute Gasteiger partial charge is 0.303 e. The van der Waals surface area contributed by atoms with Crippen molar-refractivity contribution in [2.24, 2.45) is 11.7 Å². The van der Waals surface area contributed by atoms with Crippen molar-refractivity contribution in [2.45, 2.75) is 44.9 Å². The fraction of sp³-hybridized carbons (Fsp3) is 0.304. The van der Waals surface area contributed by atoms with E-state index < -0.39 is 11.9 Å². The summed E-state index contributed by atoms with van der Waals surface area (Å²) in [6.45, 7) is 0. The zero-order valence-electron chi connectivity index (χ0n) is 18.4. The van der Waals surface area contributed by atoms with Crippen LogP contribution < -0.4 is 22.5 Å². The molecule has 0 radical (unpaired) electrons. The second-order valence-corrected chi connectivity index (χ2v) is 6.73. The van der Waals surface area contributed by atoms with Crippen LogP contribution in [-0.2, 0) is 9.59 Å². The molecule has 0 atom stereocenters. The highest BCUT2D eigenvalue weighted by Crippen LogP contribution is 2.06. The third-order valence-electron chi connectivity index (χ3n) is 4.12. The highest BCUT2D eigenvalue weighted by molar-refractivity contribution is 5.94. The third kappa shape index (κ3) is 16.6. The van der Waals surface area contributed by atoms with Crippen LogP contribution in [0.15, 0.2) is 60.7 Å². The molecular weight excluding hydrogens is 428 g/mol. The molecular formula is C23H32N4O6. The average molecular weight is 461 g/mol. The lowest BCUT2D eigenvalue weighted by atomic mass is 10.1. The van der Waals surface area contributed by atoms with Crippen molar-refractivity contribution in [1.29, 1.82) is 0 Å². The maximum atomic E-state index is 10.8. The molecule has 180 valence electrons. The first kappa shape index (κ1) is 29.2. The second kappa shape index (κ2) is 19.0.